The zero-order valence-corrected chi connectivity index (χ0v) is 23.8. The van der Waals surface area contributed by atoms with E-state index in [1.54, 1.807) is 62.8 Å². The molecule has 0 spiro atoms. The number of benzene rings is 3. The van der Waals surface area contributed by atoms with E-state index in [-0.39, 0.29) is 29.1 Å². The summed E-state index contributed by atoms with van der Waals surface area (Å²) in [6, 6.07) is 20.6. The second-order valence-electron chi connectivity index (χ2n) is 8.37. The summed E-state index contributed by atoms with van der Waals surface area (Å²) in [5.74, 6) is 0.652. The normalized spacial score (nSPS) is 15.8. The van der Waals surface area contributed by atoms with Crippen molar-refractivity contribution in [3.8, 4) is 11.5 Å². The third-order valence-corrected chi connectivity index (χ3v) is 8.46. The maximum atomic E-state index is 13.3. The number of carbonyl (C=O) groups is 1. The Morgan fingerprint density at radius 1 is 1.00 bits per heavy atom. The van der Waals surface area contributed by atoms with Crippen molar-refractivity contribution < 1.29 is 27.4 Å². The first-order valence-electron chi connectivity index (χ1n) is 12.0. The fraction of sp³-hybridized carbons (Fsp3) is 0.214. The number of amidine groups is 1. The number of methoxy groups -OCH3 is 2. The number of carbonyl (C=O) groups excluding carboxylic acids is 1. The van der Waals surface area contributed by atoms with Crippen LogP contribution in [0.1, 0.15) is 17.5 Å². The Labute approximate surface area is 237 Å². The molecule has 0 saturated carbocycles. The van der Waals surface area contributed by atoms with Gasteiger partial charge in [-0.15, -0.1) is 4.40 Å². The molecule has 0 radical (unpaired) electrons. The Kier molecular flexibility index (Phi) is 9.68. The summed E-state index contributed by atoms with van der Waals surface area (Å²) in [6.45, 7) is 0.900. The van der Waals surface area contributed by atoms with Crippen molar-refractivity contribution in [2.45, 2.75) is 17.9 Å². The summed E-state index contributed by atoms with van der Waals surface area (Å²) in [4.78, 5) is 15.1. The molecule has 204 valence electrons. The lowest BCUT2D eigenvalue weighted by Gasteiger charge is -2.15. The van der Waals surface area contributed by atoms with E-state index < -0.39 is 10.0 Å². The van der Waals surface area contributed by atoms with Crippen LogP contribution in [0.3, 0.4) is 0 Å². The Morgan fingerprint density at radius 3 is 2.46 bits per heavy atom. The van der Waals surface area contributed by atoms with Crippen LogP contribution in [-0.4, -0.2) is 51.8 Å². The maximum absolute atomic E-state index is 13.3. The van der Waals surface area contributed by atoms with Gasteiger partial charge in [0, 0.05) is 30.8 Å². The number of sulfonamides is 1. The van der Waals surface area contributed by atoms with Crippen LogP contribution in [0.4, 0.5) is 0 Å². The predicted molar refractivity (Wildman–Crippen MR) is 154 cm³/mol. The van der Waals surface area contributed by atoms with Gasteiger partial charge in [-0.25, -0.2) is 0 Å². The first-order chi connectivity index (χ1) is 18.8. The number of hydrogen-bond donors (Lipinski definition) is 0. The SMILES string of the molecule is COCCCN1C(=O)/C(=C/c2ccc(OC)c(OCc3ccccc3Cl)c2)SC1=NS(=O)(=O)c1ccccc1. The van der Waals surface area contributed by atoms with Crippen LogP contribution < -0.4 is 9.47 Å². The largest absolute Gasteiger partial charge is 0.493 e. The van der Waals surface area contributed by atoms with Crippen LogP contribution in [0, 0.1) is 0 Å². The molecule has 0 atom stereocenters. The first kappa shape index (κ1) is 28.7. The van der Waals surface area contributed by atoms with Crippen LogP contribution in [-0.2, 0) is 26.2 Å². The van der Waals surface area contributed by atoms with Gasteiger partial charge in [0.2, 0.25) is 0 Å². The van der Waals surface area contributed by atoms with E-state index in [2.05, 4.69) is 4.40 Å². The highest BCUT2D eigenvalue weighted by molar-refractivity contribution is 8.19. The van der Waals surface area contributed by atoms with Crippen molar-refractivity contribution >= 4 is 50.5 Å². The van der Waals surface area contributed by atoms with Crippen molar-refractivity contribution in [2.75, 3.05) is 27.4 Å². The Morgan fingerprint density at radius 2 is 1.74 bits per heavy atom. The van der Waals surface area contributed by atoms with Gasteiger partial charge in [0.25, 0.3) is 15.9 Å². The molecule has 1 heterocycles. The number of amides is 1. The van der Waals surface area contributed by atoms with Crippen molar-refractivity contribution in [3.63, 3.8) is 0 Å². The summed E-state index contributed by atoms with van der Waals surface area (Å²) in [5, 5.41) is 0.684. The highest BCUT2D eigenvalue weighted by Crippen LogP contribution is 2.36. The molecule has 3 aromatic rings. The molecule has 0 aromatic heterocycles. The molecular weight excluding hydrogens is 560 g/mol. The number of thioether (sulfide) groups is 1. The second-order valence-corrected chi connectivity index (χ2v) is 11.4. The third-order valence-electron chi connectivity index (χ3n) is 5.68. The molecule has 0 N–H and O–H groups in total. The van der Waals surface area contributed by atoms with Crippen LogP contribution >= 0.6 is 23.4 Å². The number of nitrogens with zero attached hydrogens (tertiary/aromatic N) is 2. The fourth-order valence-corrected chi connectivity index (χ4v) is 6.12. The molecule has 3 aromatic carbocycles. The van der Waals surface area contributed by atoms with Crippen LogP contribution in [0.25, 0.3) is 6.08 Å². The van der Waals surface area contributed by atoms with Crippen molar-refractivity contribution in [1.82, 2.24) is 4.90 Å². The molecule has 0 bridgehead atoms. The molecule has 11 heteroatoms. The molecule has 1 fully saturated rings. The third kappa shape index (κ3) is 7.21. The summed E-state index contributed by atoms with van der Waals surface area (Å²) >= 11 is 7.26. The lowest BCUT2D eigenvalue weighted by Crippen LogP contribution is -2.31. The molecule has 1 aliphatic heterocycles. The van der Waals surface area contributed by atoms with Gasteiger partial charge in [0.05, 0.1) is 16.9 Å². The number of rotatable bonds is 11. The molecule has 8 nitrogen and oxygen atoms in total. The van der Waals surface area contributed by atoms with Gasteiger partial charge in [-0.2, -0.15) is 8.42 Å². The van der Waals surface area contributed by atoms with E-state index in [0.717, 1.165) is 17.3 Å². The van der Waals surface area contributed by atoms with Gasteiger partial charge in [-0.1, -0.05) is 54.1 Å². The van der Waals surface area contributed by atoms with E-state index in [0.29, 0.717) is 40.0 Å². The van der Waals surface area contributed by atoms with Gasteiger partial charge in [0.1, 0.15) is 6.61 Å². The van der Waals surface area contributed by atoms with Gasteiger partial charge in [-0.3, -0.25) is 9.69 Å². The molecule has 4 rings (SSSR count). The van der Waals surface area contributed by atoms with Crippen LogP contribution in [0.2, 0.25) is 5.02 Å². The van der Waals surface area contributed by atoms with E-state index in [4.69, 9.17) is 25.8 Å². The minimum absolute atomic E-state index is 0.0512. The van der Waals surface area contributed by atoms with Crippen molar-refractivity contribution in [3.05, 3.63) is 93.9 Å². The minimum atomic E-state index is -4.01. The lowest BCUT2D eigenvalue weighted by molar-refractivity contribution is -0.122. The van der Waals surface area contributed by atoms with E-state index >= 15 is 0 Å². The second kappa shape index (κ2) is 13.2. The molecule has 1 saturated heterocycles. The lowest BCUT2D eigenvalue weighted by atomic mass is 10.1. The molecule has 1 aliphatic rings. The Hall–Kier alpha value is -3.31. The minimum Gasteiger partial charge on any atom is -0.493 e. The average Bonchev–Trinajstić information content (AvgIpc) is 3.21. The Bertz CT molecular complexity index is 1490. The molecule has 39 heavy (non-hydrogen) atoms. The van der Waals surface area contributed by atoms with Crippen molar-refractivity contribution in [2.24, 2.45) is 4.40 Å². The zero-order valence-electron chi connectivity index (χ0n) is 21.4. The van der Waals surface area contributed by atoms with Gasteiger partial charge in [-0.05, 0) is 60.2 Å². The number of hydrogen-bond acceptors (Lipinski definition) is 7. The highest BCUT2D eigenvalue weighted by Gasteiger charge is 2.34. The van der Waals surface area contributed by atoms with Crippen LogP contribution in [0.15, 0.2) is 87.0 Å². The average molecular weight is 587 g/mol. The summed E-state index contributed by atoms with van der Waals surface area (Å²) in [7, 11) is -0.906. The maximum Gasteiger partial charge on any atom is 0.284 e. The van der Waals surface area contributed by atoms with Gasteiger partial charge in [0.15, 0.2) is 16.7 Å². The predicted octanol–water partition coefficient (Wildman–Crippen LogP) is 5.63. The Balaban J connectivity index is 1.63. The summed E-state index contributed by atoms with van der Waals surface area (Å²) < 4.78 is 46.4. The van der Waals surface area contributed by atoms with Crippen LogP contribution in [0.5, 0.6) is 11.5 Å². The smallest absolute Gasteiger partial charge is 0.284 e. The topological polar surface area (TPSA) is 94.5 Å². The molecular formula is C28H27ClN2O6S2. The fourth-order valence-electron chi connectivity index (χ4n) is 3.71. The van der Waals surface area contributed by atoms with E-state index in [9.17, 15) is 13.2 Å². The van der Waals surface area contributed by atoms with E-state index in [1.165, 1.54) is 17.0 Å². The molecule has 0 aliphatic carbocycles. The summed E-state index contributed by atoms with van der Waals surface area (Å²) in [5.41, 5.74) is 1.49. The highest BCUT2D eigenvalue weighted by atomic mass is 35.5. The monoisotopic (exact) mass is 586 g/mol. The molecule has 0 unspecified atom stereocenters. The number of ether oxygens (including phenoxy) is 3. The van der Waals surface area contributed by atoms with Gasteiger partial charge >= 0.3 is 0 Å². The van der Waals surface area contributed by atoms with Crippen molar-refractivity contribution in [1.29, 1.82) is 0 Å². The zero-order chi connectivity index (χ0) is 27.8. The summed E-state index contributed by atoms with van der Waals surface area (Å²) in [6.07, 6.45) is 2.19. The quantitative estimate of drug-likeness (QED) is 0.212. The van der Waals surface area contributed by atoms with E-state index in [1.807, 2.05) is 18.2 Å². The number of halogens is 1. The standard InChI is InChI=1S/C28H27ClN2O6S2/c1-35-16-8-15-31-27(32)26(38-28(31)30-39(33,34)22-10-4-3-5-11-22)18-20-13-14-24(36-2)25(17-20)37-19-21-9-6-7-12-23(21)29/h3-7,9-14,17-18H,8,15-16,19H2,1-2H3/b26-18-,30-28?. The molecule has 1 amide bonds. The van der Waals surface area contributed by atoms with Gasteiger partial charge < -0.3 is 14.2 Å². The first-order valence-corrected chi connectivity index (χ1v) is 14.6.